The number of carbonyl (C=O) groups is 1. The highest BCUT2D eigenvalue weighted by Gasteiger charge is 2.03. The Balaban J connectivity index is 1.87. The Morgan fingerprint density at radius 2 is 2.11 bits per heavy atom. The fourth-order valence-corrected chi connectivity index (χ4v) is 1.71. The Morgan fingerprint density at radius 3 is 2.63 bits per heavy atom. The number of aromatic carboxylic acids is 1. The third kappa shape index (κ3) is 3.48. The van der Waals surface area contributed by atoms with Crippen molar-refractivity contribution in [3.05, 3.63) is 46.7 Å². The van der Waals surface area contributed by atoms with Crippen LogP contribution in [0.15, 0.2) is 30.5 Å². The second kappa shape index (κ2) is 5.75. The number of rotatable bonds is 5. The molecule has 0 saturated carbocycles. The molecule has 0 aliphatic rings. The highest BCUT2D eigenvalue weighted by Crippen LogP contribution is 2.14. The van der Waals surface area contributed by atoms with Crippen LogP contribution in [0.1, 0.15) is 16.1 Å². The molecule has 6 heteroatoms. The van der Waals surface area contributed by atoms with Gasteiger partial charge in [0, 0.05) is 6.20 Å². The van der Waals surface area contributed by atoms with Gasteiger partial charge in [0.05, 0.1) is 22.8 Å². The molecule has 0 saturated heterocycles. The molecule has 2 aromatic rings. The lowest BCUT2D eigenvalue weighted by molar-refractivity contribution is 0.0697. The number of carboxylic acids is 1. The highest BCUT2D eigenvalue weighted by atomic mass is 35.5. The number of hydrogen-bond donors (Lipinski definition) is 1. The molecule has 0 unspecified atom stereocenters. The third-order valence-corrected chi connectivity index (χ3v) is 2.95. The van der Waals surface area contributed by atoms with E-state index in [4.69, 9.17) is 21.4 Å². The fourth-order valence-electron chi connectivity index (χ4n) is 1.56. The van der Waals surface area contributed by atoms with E-state index in [9.17, 15) is 4.79 Å². The maximum Gasteiger partial charge on any atom is 0.335 e. The lowest BCUT2D eigenvalue weighted by Gasteiger charge is -2.06. The standard InChI is InChI=1S/C13H13ClN2O3/c1-9-12(14)8-16(15-9)6-7-19-11-4-2-10(3-5-11)13(17)18/h2-5,8H,6-7H2,1H3,(H,17,18). The SMILES string of the molecule is Cc1nn(CCOc2ccc(C(=O)O)cc2)cc1Cl. The highest BCUT2D eigenvalue weighted by molar-refractivity contribution is 6.31. The van der Waals surface area contributed by atoms with E-state index in [0.29, 0.717) is 23.9 Å². The van der Waals surface area contributed by atoms with Crippen molar-refractivity contribution in [2.75, 3.05) is 6.61 Å². The quantitative estimate of drug-likeness (QED) is 0.914. The smallest absolute Gasteiger partial charge is 0.335 e. The molecule has 2 rings (SSSR count). The van der Waals surface area contributed by atoms with Crippen LogP contribution in [0.2, 0.25) is 5.02 Å². The molecule has 1 aromatic carbocycles. The van der Waals surface area contributed by atoms with E-state index in [-0.39, 0.29) is 5.56 Å². The van der Waals surface area contributed by atoms with Crippen LogP contribution < -0.4 is 4.74 Å². The summed E-state index contributed by atoms with van der Waals surface area (Å²) in [6.07, 6.45) is 1.74. The minimum Gasteiger partial charge on any atom is -0.492 e. The van der Waals surface area contributed by atoms with Crippen LogP contribution in [0.4, 0.5) is 0 Å². The average molecular weight is 281 g/mol. The number of ether oxygens (including phenoxy) is 1. The summed E-state index contributed by atoms with van der Waals surface area (Å²) in [5.41, 5.74) is 1.02. The zero-order valence-electron chi connectivity index (χ0n) is 10.3. The Bertz CT molecular complexity index is 559. The second-order valence-electron chi connectivity index (χ2n) is 4.00. The van der Waals surface area contributed by atoms with Crippen molar-refractivity contribution in [1.29, 1.82) is 0 Å². The van der Waals surface area contributed by atoms with Gasteiger partial charge in [-0.3, -0.25) is 4.68 Å². The van der Waals surface area contributed by atoms with Crippen LogP contribution in [0.3, 0.4) is 0 Å². The van der Waals surface area contributed by atoms with Gasteiger partial charge in [0.2, 0.25) is 0 Å². The molecule has 100 valence electrons. The van der Waals surface area contributed by atoms with Crippen LogP contribution in [-0.2, 0) is 6.54 Å². The first-order valence-electron chi connectivity index (χ1n) is 5.72. The zero-order chi connectivity index (χ0) is 13.8. The first kappa shape index (κ1) is 13.4. The van der Waals surface area contributed by atoms with Gasteiger partial charge in [0.25, 0.3) is 0 Å². The minimum atomic E-state index is -0.951. The molecule has 19 heavy (non-hydrogen) atoms. The number of halogens is 1. The Labute approximate surface area is 115 Å². The average Bonchev–Trinajstić information content (AvgIpc) is 2.69. The van der Waals surface area contributed by atoms with Gasteiger partial charge in [-0.15, -0.1) is 0 Å². The fraction of sp³-hybridized carbons (Fsp3) is 0.231. The summed E-state index contributed by atoms with van der Waals surface area (Å²) in [4.78, 5) is 10.7. The third-order valence-electron chi connectivity index (χ3n) is 2.58. The van der Waals surface area contributed by atoms with Gasteiger partial charge in [-0.2, -0.15) is 5.10 Å². The topological polar surface area (TPSA) is 64.4 Å². The summed E-state index contributed by atoms with van der Waals surface area (Å²) in [5.74, 6) is -0.326. The Kier molecular flexibility index (Phi) is 4.06. The molecule has 1 aromatic heterocycles. The molecule has 1 N–H and O–H groups in total. The summed E-state index contributed by atoms with van der Waals surface area (Å²) in [6, 6.07) is 6.27. The largest absolute Gasteiger partial charge is 0.492 e. The number of hydrogen-bond acceptors (Lipinski definition) is 3. The first-order valence-corrected chi connectivity index (χ1v) is 6.10. The van der Waals surface area contributed by atoms with Crippen molar-refractivity contribution in [3.8, 4) is 5.75 Å². The first-order chi connectivity index (χ1) is 9.06. The minimum absolute atomic E-state index is 0.238. The van der Waals surface area contributed by atoms with Crippen molar-refractivity contribution in [2.45, 2.75) is 13.5 Å². The Hall–Kier alpha value is -2.01. The normalized spacial score (nSPS) is 10.4. The van der Waals surface area contributed by atoms with Crippen molar-refractivity contribution < 1.29 is 14.6 Å². The molecule has 1 heterocycles. The predicted octanol–water partition coefficient (Wildman–Crippen LogP) is 2.62. The molecule has 0 fully saturated rings. The van der Waals surface area contributed by atoms with Gasteiger partial charge < -0.3 is 9.84 Å². The maximum atomic E-state index is 10.7. The number of carboxylic acid groups (broad SMARTS) is 1. The number of nitrogens with zero attached hydrogens (tertiary/aromatic N) is 2. The molecule has 0 aliphatic heterocycles. The second-order valence-corrected chi connectivity index (χ2v) is 4.41. The van der Waals surface area contributed by atoms with Crippen molar-refractivity contribution in [1.82, 2.24) is 9.78 Å². The molecule has 0 amide bonds. The van der Waals surface area contributed by atoms with Gasteiger partial charge >= 0.3 is 5.97 Å². The van der Waals surface area contributed by atoms with E-state index in [2.05, 4.69) is 5.10 Å². The van der Waals surface area contributed by atoms with Crippen molar-refractivity contribution in [3.63, 3.8) is 0 Å². The van der Waals surface area contributed by atoms with Crippen LogP contribution in [0.5, 0.6) is 5.75 Å². The predicted molar refractivity (Wildman–Crippen MR) is 70.9 cm³/mol. The monoisotopic (exact) mass is 280 g/mol. The molecule has 0 aliphatic carbocycles. The van der Waals surface area contributed by atoms with Gasteiger partial charge in [0.15, 0.2) is 0 Å². The van der Waals surface area contributed by atoms with E-state index < -0.39 is 5.97 Å². The van der Waals surface area contributed by atoms with Gasteiger partial charge in [-0.25, -0.2) is 4.79 Å². The number of aryl methyl sites for hydroxylation is 1. The van der Waals surface area contributed by atoms with E-state index in [1.807, 2.05) is 6.92 Å². The van der Waals surface area contributed by atoms with Crippen molar-refractivity contribution >= 4 is 17.6 Å². The van der Waals surface area contributed by atoms with E-state index in [0.717, 1.165) is 5.69 Å². The van der Waals surface area contributed by atoms with Crippen LogP contribution in [0.25, 0.3) is 0 Å². The van der Waals surface area contributed by atoms with Gasteiger partial charge in [-0.05, 0) is 31.2 Å². The summed E-state index contributed by atoms with van der Waals surface area (Å²) in [6.45, 7) is 2.85. The molecular formula is C13H13ClN2O3. The van der Waals surface area contributed by atoms with Gasteiger partial charge in [0.1, 0.15) is 12.4 Å². The van der Waals surface area contributed by atoms with E-state index in [1.165, 1.54) is 12.1 Å². The maximum absolute atomic E-state index is 10.7. The van der Waals surface area contributed by atoms with Gasteiger partial charge in [-0.1, -0.05) is 11.6 Å². The number of aromatic nitrogens is 2. The molecule has 0 spiro atoms. The van der Waals surface area contributed by atoms with E-state index in [1.54, 1.807) is 23.0 Å². The molecule has 5 nitrogen and oxygen atoms in total. The summed E-state index contributed by atoms with van der Waals surface area (Å²) in [5, 5.41) is 13.6. The van der Waals surface area contributed by atoms with Crippen LogP contribution in [0, 0.1) is 6.92 Å². The van der Waals surface area contributed by atoms with Crippen LogP contribution >= 0.6 is 11.6 Å². The zero-order valence-corrected chi connectivity index (χ0v) is 11.1. The van der Waals surface area contributed by atoms with Crippen LogP contribution in [-0.4, -0.2) is 27.5 Å². The lowest BCUT2D eigenvalue weighted by atomic mass is 10.2. The summed E-state index contributed by atoms with van der Waals surface area (Å²) < 4.78 is 7.21. The van der Waals surface area contributed by atoms with Crippen molar-refractivity contribution in [2.24, 2.45) is 0 Å². The molecule has 0 bridgehead atoms. The molecule has 0 atom stereocenters. The summed E-state index contributed by atoms with van der Waals surface area (Å²) >= 11 is 5.89. The van der Waals surface area contributed by atoms with E-state index >= 15 is 0 Å². The lowest BCUT2D eigenvalue weighted by Crippen LogP contribution is -2.08. The summed E-state index contributed by atoms with van der Waals surface area (Å²) in [7, 11) is 0. The molecule has 0 radical (unpaired) electrons. The number of benzene rings is 1. The Morgan fingerprint density at radius 1 is 1.42 bits per heavy atom. The molecular weight excluding hydrogens is 268 g/mol.